The van der Waals surface area contributed by atoms with E-state index in [1.54, 1.807) is 4.68 Å². The lowest BCUT2D eigenvalue weighted by Gasteiger charge is -2.02. The highest BCUT2D eigenvalue weighted by atomic mass is 16.4. The molecule has 132 valence electrons. The van der Waals surface area contributed by atoms with Gasteiger partial charge in [-0.1, -0.05) is 36.8 Å². The second kappa shape index (κ2) is 7.47. The largest absolute Gasteiger partial charge is 0.416 e. The number of hydrogen-bond acceptors (Lipinski definition) is 5. The number of aryl methyl sites for hydroxylation is 1. The summed E-state index contributed by atoms with van der Waals surface area (Å²) in [6.07, 6.45) is 13.6. The van der Waals surface area contributed by atoms with Crippen molar-refractivity contribution in [2.24, 2.45) is 0 Å². The van der Waals surface area contributed by atoms with Crippen LogP contribution < -0.4 is 0 Å². The first-order valence-electron chi connectivity index (χ1n) is 9.06. The average Bonchev–Trinajstić information content (AvgIpc) is 3.37. The lowest BCUT2D eigenvalue weighted by molar-refractivity contribution is 0.554. The molecule has 1 aliphatic rings. The molecule has 0 amide bonds. The summed E-state index contributed by atoms with van der Waals surface area (Å²) < 4.78 is 7.62. The second-order valence-electron chi connectivity index (χ2n) is 6.36. The quantitative estimate of drug-likeness (QED) is 0.661. The minimum absolute atomic E-state index is 0.522. The van der Waals surface area contributed by atoms with Crippen LogP contribution in [0.1, 0.15) is 44.2 Å². The van der Waals surface area contributed by atoms with Crippen molar-refractivity contribution < 1.29 is 4.42 Å². The number of rotatable bonds is 6. The third kappa shape index (κ3) is 3.49. The van der Waals surface area contributed by atoms with Crippen molar-refractivity contribution in [2.45, 2.75) is 39.0 Å². The number of nitrogens with zero attached hydrogens (tertiary/aromatic N) is 5. The Hall–Kier alpha value is -3.02. The molecule has 1 aliphatic carbocycles. The van der Waals surface area contributed by atoms with Gasteiger partial charge in [0.2, 0.25) is 11.8 Å². The van der Waals surface area contributed by atoms with Crippen molar-refractivity contribution in [2.75, 3.05) is 0 Å². The lowest BCUT2D eigenvalue weighted by atomic mass is 10.1. The number of allylic oxidation sites excluding steroid dienone is 4. The molecule has 0 saturated heterocycles. The molecule has 0 aliphatic heterocycles. The van der Waals surface area contributed by atoms with Crippen molar-refractivity contribution in [3.8, 4) is 17.1 Å². The van der Waals surface area contributed by atoms with E-state index in [9.17, 15) is 0 Å². The Morgan fingerprint density at radius 3 is 2.65 bits per heavy atom. The van der Waals surface area contributed by atoms with Gasteiger partial charge < -0.3 is 4.42 Å². The minimum Gasteiger partial charge on any atom is -0.416 e. The van der Waals surface area contributed by atoms with Crippen molar-refractivity contribution in [3.63, 3.8) is 0 Å². The highest BCUT2D eigenvalue weighted by Crippen LogP contribution is 2.25. The Bertz CT molecular complexity index is 933. The topological polar surface area (TPSA) is 69.6 Å². The zero-order valence-corrected chi connectivity index (χ0v) is 14.8. The van der Waals surface area contributed by atoms with Gasteiger partial charge in [-0.25, -0.2) is 4.68 Å². The third-order valence-corrected chi connectivity index (χ3v) is 4.37. The van der Waals surface area contributed by atoms with E-state index in [0.29, 0.717) is 11.8 Å². The van der Waals surface area contributed by atoms with Crippen LogP contribution >= 0.6 is 0 Å². The molecule has 6 nitrogen and oxygen atoms in total. The van der Waals surface area contributed by atoms with E-state index in [4.69, 9.17) is 4.42 Å². The Morgan fingerprint density at radius 2 is 1.88 bits per heavy atom. The van der Waals surface area contributed by atoms with E-state index >= 15 is 0 Å². The van der Waals surface area contributed by atoms with Crippen LogP contribution in [0.5, 0.6) is 0 Å². The molecular weight excluding hydrogens is 326 g/mol. The Labute approximate surface area is 152 Å². The van der Waals surface area contributed by atoms with E-state index in [1.165, 1.54) is 0 Å². The molecule has 2 aromatic heterocycles. The molecule has 4 rings (SSSR count). The van der Waals surface area contributed by atoms with Gasteiger partial charge in [0.15, 0.2) is 0 Å². The predicted molar refractivity (Wildman–Crippen MR) is 99.6 cm³/mol. The summed E-state index contributed by atoms with van der Waals surface area (Å²) in [6, 6.07) is 7.89. The van der Waals surface area contributed by atoms with Crippen molar-refractivity contribution >= 4 is 5.57 Å². The molecule has 0 saturated carbocycles. The summed E-state index contributed by atoms with van der Waals surface area (Å²) in [7, 11) is 0. The normalized spacial score (nSPS) is 13.8. The zero-order valence-electron chi connectivity index (χ0n) is 14.8. The average molecular weight is 347 g/mol. The molecule has 0 fully saturated rings. The van der Waals surface area contributed by atoms with Crippen molar-refractivity contribution in [1.82, 2.24) is 25.2 Å². The minimum atomic E-state index is 0.522. The zero-order chi connectivity index (χ0) is 17.8. The molecule has 0 radical (unpaired) electrons. The molecule has 6 heteroatoms. The molecule has 0 bridgehead atoms. The molecule has 0 N–H and O–H groups in total. The Balaban J connectivity index is 1.51. The fourth-order valence-electron chi connectivity index (χ4n) is 2.88. The first-order valence-corrected chi connectivity index (χ1v) is 9.06. The van der Waals surface area contributed by atoms with Crippen LogP contribution in [0.4, 0.5) is 0 Å². The number of benzene rings is 1. The second-order valence-corrected chi connectivity index (χ2v) is 6.36. The standard InChI is InChI=1S/C20H21N5O/c1-2-3-9-17-14-25(24-21-17)18-12-10-16(11-13-18)20-23-22-19(26-20)15-7-5-4-6-8-15/h5,7-8,10-14H,2-4,6,9H2,1H3. The van der Waals surface area contributed by atoms with Gasteiger partial charge in [-0.3, -0.25) is 0 Å². The monoisotopic (exact) mass is 347 g/mol. The van der Waals surface area contributed by atoms with Gasteiger partial charge in [0.25, 0.3) is 0 Å². The lowest BCUT2D eigenvalue weighted by Crippen LogP contribution is -1.94. The number of aromatic nitrogens is 5. The van der Waals surface area contributed by atoms with E-state index < -0.39 is 0 Å². The highest BCUT2D eigenvalue weighted by Gasteiger charge is 2.12. The summed E-state index contributed by atoms with van der Waals surface area (Å²) in [5.41, 5.74) is 3.86. The van der Waals surface area contributed by atoms with Gasteiger partial charge in [0.1, 0.15) is 0 Å². The van der Waals surface area contributed by atoms with Gasteiger partial charge in [-0.2, -0.15) is 0 Å². The number of hydrogen-bond donors (Lipinski definition) is 0. The van der Waals surface area contributed by atoms with Crippen LogP contribution in [-0.4, -0.2) is 25.2 Å². The van der Waals surface area contributed by atoms with Crippen LogP contribution in [0, 0.1) is 0 Å². The van der Waals surface area contributed by atoms with Crippen molar-refractivity contribution in [3.05, 3.63) is 60.3 Å². The van der Waals surface area contributed by atoms with Crippen LogP contribution in [0.2, 0.25) is 0 Å². The van der Waals surface area contributed by atoms with Crippen LogP contribution in [0.25, 0.3) is 22.7 Å². The molecule has 1 aromatic carbocycles. The van der Waals surface area contributed by atoms with E-state index in [0.717, 1.165) is 54.6 Å². The maximum atomic E-state index is 5.83. The van der Waals surface area contributed by atoms with E-state index in [2.05, 4.69) is 39.6 Å². The SMILES string of the molecule is CCCCc1cn(-c2ccc(-c3nnc(C4=CCCC=C4)o3)cc2)nn1. The molecule has 0 unspecified atom stereocenters. The molecule has 0 spiro atoms. The maximum absolute atomic E-state index is 5.83. The van der Waals surface area contributed by atoms with E-state index in [1.807, 2.05) is 36.5 Å². The van der Waals surface area contributed by atoms with Gasteiger partial charge in [0, 0.05) is 11.1 Å². The van der Waals surface area contributed by atoms with Crippen LogP contribution in [0.3, 0.4) is 0 Å². The molecule has 26 heavy (non-hydrogen) atoms. The fourth-order valence-corrected chi connectivity index (χ4v) is 2.88. The summed E-state index contributed by atoms with van der Waals surface area (Å²) >= 11 is 0. The van der Waals surface area contributed by atoms with Crippen LogP contribution in [0.15, 0.2) is 53.1 Å². The smallest absolute Gasteiger partial charge is 0.248 e. The van der Waals surface area contributed by atoms with Gasteiger partial charge in [0.05, 0.1) is 17.6 Å². The van der Waals surface area contributed by atoms with Crippen molar-refractivity contribution in [1.29, 1.82) is 0 Å². The molecule has 2 heterocycles. The predicted octanol–water partition coefficient (Wildman–Crippen LogP) is 4.39. The van der Waals surface area contributed by atoms with Gasteiger partial charge in [-0.05, 0) is 49.9 Å². The Kier molecular flexibility index (Phi) is 4.73. The molecule has 3 aromatic rings. The maximum Gasteiger partial charge on any atom is 0.248 e. The highest BCUT2D eigenvalue weighted by molar-refractivity contribution is 5.70. The van der Waals surface area contributed by atoms with Gasteiger partial charge >= 0.3 is 0 Å². The van der Waals surface area contributed by atoms with E-state index in [-0.39, 0.29) is 0 Å². The summed E-state index contributed by atoms with van der Waals surface area (Å²) in [5, 5.41) is 16.8. The Morgan fingerprint density at radius 1 is 1.04 bits per heavy atom. The summed E-state index contributed by atoms with van der Waals surface area (Å²) in [4.78, 5) is 0. The summed E-state index contributed by atoms with van der Waals surface area (Å²) in [5.74, 6) is 1.09. The first kappa shape index (κ1) is 16.4. The summed E-state index contributed by atoms with van der Waals surface area (Å²) in [6.45, 7) is 2.17. The fraction of sp³-hybridized carbons (Fsp3) is 0.300. The third-order valence-electron chi connectivity index (χ3n) is 4.37. The molecular formula is C20H21N5O. The van der Waals surface area contributed by atoms with Gasteiger partial charge in [-0.15, -0.1) is 15.3 Å². The van der Waals surface area contributed by atoms with Crippen LogP contribution in [-0.2, 0) is 6.42 Å². The number of unbranched alkanes of at least 4 members (excludes halogenated alkanes) is 1. The first-order chi connectivity index (χ1) is 12.8. The molecule has 0 atom stereocenters.